The number of halogens is 2. The number of amides is 1. The topological polar surface area (TPSA) is 38.3 Å². The number of hydrogen-bond donors (Lipinski definition) is 1. The van der Waals surface area contributed by atoms with E-state index in [9.17, 15) is 4.79 Å². The fraction of sp³-hybridized carbons (Fsp3) is 0.0556. The van der Waals surface area contributed by atoms with Crippen molar-refractivity contribution in [3.63, 3.8) is 0 Å². The van der Waals surface area contributed by atoms with Crippen molar-refractivity contribution in [1.29, 1.82) is 0 Å². The Balaban J connectivity index is 1.95. The number of anilines is 1. The second-order valence-corrected chi connectivity index (χ2v) is 5.77. The van der Waals surface area contributed by atoms with E-state index in [2.05, 4.69) is 5.32 Å². The molecule has 0 aliphatic rings. The summed E-state index contributed by atoms with van der Waals surface area (Å²) in [7, 11) is 1.48. The molecule has 23 heavy (non-hydrogen) atoms. The predicted octanol–water partition coefficient (Wildman–Crippen LogP) is 5.41. The van der Waals surface area contributed by atoms with Crippen LogP contribution >= 0.6 is 23.2 Å². The maximum absolute atomic E-state index is 12.5. The van der Waals surface area contributed by atoms with Crippen molar-refractivity contribution < 1.29 is 9.53 Å². The average Bonchev–Trinajstić information content (AvgIpc) is 2.55. The first-order valence-corrected chi connectivity index (χ1v) is 7.68. The summed E-state index contributed by atoms with van der Waals surface area (Å²) in [5.41, 5.74) is 1.10. The summed E-state index contributed by atoms with van der Waals surface area (Å²) in [4.78, 5) is 12.5. The van der Waals surface area contributed by atoms with Crippen molar-refractivity contribution in [3.05, 3.63) is 70.2 Å². The molecule has 3 aromatic carbocycles. The van der Waals surface area contributed by atoms with Gasteiger partial charge in [-0.25, -0.2) is 0 Å². The highest BCUT2D eigenvalue weighted by molar-refractivity contribution is 6.37. The van der Waals surface area contributed by atoms with Crippen LogP contribution in [0.25, 0.3) is 10.8 Å². The molecule has 0 saturated heterocycles. The smallest absolute Gasteiger partial charge is 0.255 e. The van der Waals surface area contributed by atoms with Crippen molar-refractivity contribution in [2.75, 3.05) is 12.4 Å². The molecule has 0 aliphatic heterocycles. The van der Waals surface area contributed by atoms with Crippen molar-refractivity contribution in [2.24, 2.45) is 0 Å². The van der Waals surface area contributed by atoms with Crippen LogP contribution in [0.1, 0.15) is 10.4 Å². The number of hydrogen-bond acceptors (Lipinski definition) is 2. The summed E-state index contributed by atoms with van der Waals surface area (Å²) < 4.78 is 5.09. The number of fused-ring (bicyclic) bond motifs is 1. The van der Waals surface area contributed by atoms with Crippen molar-refractivity contribution >= 4 is 45.6 Å². The van der Waals surface area contributed by atoms with Gasteiger partial charge >= 0.3 is 0 Å². The minimum absolute atomic E-state index is 0.284. The van der Waals surface area contributed by atoms with E-state index in [4.69, 9.17) is 27.9 Å². The molecule has 3 aromatic rings. The van der Waals surface area contributed by atoms with Gasteiger partial charge in [-0.05, 0) is 23.6 Å². The summed E-state index contributed by atoms with van der Waals surface area (Å²) in [6, 6.07) is 16.6. The molecule has 0 aromatic heterocycles. The molecule has 0 aliphatic carbocycles. The molecule has 0 spiro atoms. The zero-order valence-corrected chi connectivity index (χ0v) is 13.8. The van der Waals surface area contributed by atoms with E-state index >= 15 is 0 Å². The van der Waals surface area contributed by atoms with Crippen LogP contribution in [0.15, 0.2) is 54.6 Å². The van der Waals surface area contributed by atoms with Gasteiger partial charge in [-0.2, -0.15) is 0 Å². The molecular weight excluding hydrogens is 333 g/mol. The zero-order chi connectivity index (χ0) is 16.4. The fourth-order valence-electron chi connectivity index (χ4n) is 2.41. The average molecular weight is 346 g/mol. The standard InChI is InChI=1S/C18H13Cl2NO2/c1-23-17-14(19)9-12(10-15(17)20)18(22)21-16-8-4-6-11-5-2-3-7-13(11)16/h2-10H,1H3,(H,21,22). The van der Waals surface area contributed by atoms with Crippen LogP contribution in [0, 0.1) is 0 Å². The Kier molecular flexibility index (Phi) is 4.42. The molecule has 0 fully saturated rings. The second kappa shape index (κ2) is 6.49. The van der Waals surface area contributed by atoms with Crippen molar-refractivity contribution in [2.45, 2.75) is 0 Å². The van der Waals surface area contributed by atoms with E-state index < -0.39 is 0 Å². The lowest BCUT2D eigenvalue weighted by Gasteiger charge is -2.11. The number of benzene rings is 3. The summed E-state index contributed by atoms with van der Waals surface area (Å²) in [5.74, 6) is 0.0721. The van der Waals surface area contributed by atoms with Crippen LogP contribution in [0.2, 0.25) is 10.0 Å². The van der Waals surface area contributed by atoms with Crippen LogP contribution in [0.4, 0.5) is 5.69 Å². The zero-order valence-electron chi connectivity index (χ0n) is 12.3. The fourth-order valence-corrected chi connectivity index (χ4v) is 3.06. The van der Waals surface area contributed by atoms with Crippen LogP contribution in [0.5, 0.6) is 5.75 Å². The Hall–Kier alpha value is -2.23. The van der Waals surface area contributed by atoms with E-state index in [1.165, 1.54) is 19.2 Å². The first-order valence-electron chi connectivity index (χ1n) is 6.92. The highest BCUT2D eigenvalue weighted by Crippen LogP contribution is 2.34. The lowest BCUT2D eigenvalue weighted by Crippen LogP contribution is -2.12. The highest BCUT2D eigenvalue weighted by Gasteiger charge is 2.14. The molecule has 5 heteroatoms. The van der Waals surface area contributed by atoms with Crippen LogP contribution in [-0.4, -0.2) is 13.0 Å². The van der Waals surface area contributed by atoms with Gasteiger partial charge in [0.05, 0.1) is 17.2 Å². The third kappa shape index (κ3) is 3.11. The van der Waals surface area contributed by atoms with Crippen LogP contribution < -0.4 is 10.1 Å². The maximum atomic E-state index is 12.5. The van der Waals surface area contributed by atoms with E-state index in [-0.39, 0.29) is 5.91 Å². The Bertz CT molecular complexity index is 865. The lowest BCUT2D eigenvalue weighted by molar-refractivity contribution is 0.102. The summed E-state index contributed by atoms with van der Waals surface area (Å²) in [6.45, 7) is 0. The lowest BCUT2D eigenvalue weighted by atomic mass is 10.1. The number of rotatable bonds is 3. The van der Waals surface area contributed by atoms with Gasteiger partial charge in [0, 0.05) is 16.6 Å². The molecule has 0 atom stereocenters. The Morgan fingerprint density at radius 3 is 2.35 bits per heavy atom. The van der Waals surface area contributed by atoms with Gasteiger partial charge in [0.15, 0.2) is 5.75 Å². The molecule has 1 N–H and O–H groups in total. The Morgan fingerprint density at radius 2 is 1.65 bits per heavy atom. The number of nitrogens with one attached hydrogen (secondary N) is 1. The Labute approximate surface area is 143 Å². The molecular formula is C18H13Cl2NO2. The highest BCUT2D eigenvalue weighted by atomic mass is 35.5. The summed E-state index contributed by atoms with van der Waals surface area (Å²) in [6.07, 6.45) is 0. The Morgan fingerprint density at radius 1 is 1.00 bits per heavy atom. The number of carbonyl (C=O) groups is 1. The summed E-state index contributed by atoms with van der Waals surface area (Å²) >= 11 is 12.2. The molecule has 0 heterocycles. The van der Waals surface area contributed by atoms with Gasteiger partial charge < -0.3 is 10.1 Å². The van der Waals surface area contributed by atoms with Crippen LogP contribution in [-0.2, 0) is 0 Å². The first kappa shape index (κ1) is 15.7. The minimum Gasteiger partial charge on any atom is -0.494 e. The summed E-state index contributed by atoms with van der Waals surface area (Å²) in [5, 5.41) is 5.50. The monoisotopic (exact) mass is 345 g/mol. The van der Waals surface area contributed by atoms with E-state index in [0.29, 0.717) is 21.4 Å². The molecule has 0 radical (unpaired) electrons. The molecule has 3 nitrogen and oxygen atoms in total. The van der Waals surface area contributed by atoms with Crippen LogP contribution in [0.3, 0.4) is 0 Å². The van der Waals surface area contributed by atoms with Gasteiger partial charge in [0.1, 0.15) is 0 Å². The normalized spacial score (nSPS) is 10.6. The van der Waals surface area contributed by atoms with Gasteiger partial charge in [-0.3, -0.25) is 4.79 Å². The SMILES string of the molecule is COc1c(Cl)cc(C(=O)Nc2cccc3ccccc23)cc1Cl. The third-order valence-corrected chi connectivity index (χ3v) is 4.06. The molecule has 3 rings (SSSR count). The molecule has 0 saturated carbocycles. The van der Waals surface area contributed by atoms with Gasteiger partial charge in [0.2, 0.25) is 0 Å². The minimum atomic E-state index is -0.284. The van der Waals surface area contributed by atoms with Gasteiger partial charge in [0.25, 0.3) is 5.91 Å². The van der Waals surface area contributed by atoms with E-state index in [1.54, 1.807) is 0 Å². The third-order valence-electron chi connectivity index (χ3n) is 3.50. The van der Waals surface area contributed by atoms with Gasteiger partial charge in [-0.1, -0.05) is 59.6 Å². The number of ether oxygens (including phenoxy) is 1. The van der Waals surface area contributed by atoms with Crippen molar-refractivity contribution in [3.8, 4) is 5.75 Å². The van der Waals surface area contributed by atoms with Crippen molar-refractivity contribution in [1.82, 2.24) is 0 Å². The predicted molar refractivity (Wildman–Crippen MR) is 94.9 cm³/mol. The van der Waals surface area contributed by atoms with E-state index in [0.717, 1.165) is 16.5 Å². The molecule has 0 unspecified atom stereocenters. The molecule has 1 amide bonds. The number of methoxy groups -OCH3 is 1. The quantitative estimate of drug-likeness (QED) is 0.689. The van der Waals surface area contributed by atoms with E-state index in [1.807, 2.05) is 42.5 Å². The first-order chi connectivity index (χ1) is 11.1. The maximum Gasteiger partial charge on any atom is 0.255 e. The number of carbonyl (C=O) groups excluding carboxylic acids is 1. The largest absolute Gasteiger partial charge is 0.494 e. The molecule has 116 valence electrons. The molecule has 0 bridgehead atoms. The second-order valence-electron chi connectivity index (χ2n) is 4.95. The van der Waals surface area contributed by atoms with Gasteiger partial charge in [-0.15, -0.1) is 0 Å².